The third kappa shape index (κ3) is 3.85. The Morgan fingerprint density at radius 2 is 1.86 bits per heavy atom. The quantitative estimate of drug-likeness (QED) is 0.626. The highest BCUT2D eigenvalue weighted by Crippen LogP contribution is 2.36. The molecule has 1 fully saturated rings. The molecule has 0 spiro atoms. The van der Waals surface area contributed by atoms with E-state index in [1.165, 1.54) is 5.56 Å². The molecule has 1 aliphatic carbocycles. The molecule has 0 amide bonds. The second-order valence-corrected chi connectivity index (χ2v) is 6.91. The van der Waals surface area contributed by atoms with Crippen molar-refractivity contribution in [3.63, 3.8) is 0 Å². The summed E-state index contributed by atoms with van der Waals surface area (Å²) in [5.74, 6) is 0.196. The second-order valence-electron chi connectivity index (χ2n) is 6.91. The van der Waals surface area contributed by atoms with Crippen LogP contribution in [0.25, 0.3) is 0 Å². The minimum absolute atomic E-state index is 0.00746. The Balaban J connectivity index is 2.48. The number of rotatable bonds is 3. The van der Waals surface area contributed by atoms with Crippen molar-refractivity contribution in [1.82, 2.24) is 0 Å². The van der Waals surface area contributed by atoms with E-state index in [-0.39, 0.29) is 17.0 Å². The molecule has 0 radical (unpaired) electrons. The molecule has 0 atom stereocenters. The van der Waals surface area contributed by atoms with Crippen LogP contribution in [-0.2, 0) is 4.79 Å². The summed E-state index contributed by atoms with van der Waals surface area (Å²) in [7, 11) is 0. The number of ketones is 1. The topological polar surface area (TPSA) is 49.7 Å². The summed E-state index contributed by atoms with van der Waals surface area (Å²) in [6.07, 6.45) is 2.50. The van der Waals surface area contributed by atoms with E-state index < -0.39 is 0 Å². The lowest BCUT2D eigenvalue weighted by molar-refractivity contribution is -0.117. The van der Waals surface area contributed by atoms with Crippen molar-refractivity contribution in [3.05, 3.63) is 41.2 Å². The summed E-state index contributed by atoms with van der Waals surface area (Å²) < 4.78 is 0. The Hall–Kier alpha value is -1.90. The molecule has 0 aliphatic heterocycles. The molecular weight excluding hydrogens is 274 g/mol. The fourth-order valence-electron chi connectivity index (χ4n) is 2.85. The number of carbonyl (C=O) groups is 1. The van der Waals surface area contributed by atoms with E-state index in [1.807, 2.05) is 38.1 Å². The monoisotopic (exact) mass is 299 g/mol. The molecule has 3 heteroatoms. The first-order valence-electron chi connectivity index (χ1n) is 7.92. The molecule has 1 aromatic carbocycles. The maximum Gasteiger partial charge on any atom is 0.168 e. The van der Waals surface area contributed by atoms with Gasteiger partial charge in [-0.1, -0.05) is 38.5 Å². The van der Waals surface area contributed by atoms with Crippen molar-refractivity contribution in [3.8, 4) is 0 Å². The van der Waals surface area contributed by atoms with Gasteiger partial charge in [0.1, 0.15) is 5.76 Å². The van der Waals surface area contributed by atoms with Gasteiger partial charge in [-0.2, -0.15) is 0 Å². The molecule has 1 aromatic rings. The average Bonchev–Trinajstić information content (AvgIpc) is 2.39. The van der Waals surface area contributed by atoms with E-state index in [2.05, 4.69) is 18.8 Å². The largest absolute Gasteiger partial charge is 0.511 e. The standard InChI is InChI=1S/C19H25NO2/c1-5-6-16(21)18-15(11-19(3,4)12-17(18)22)20-14-9-7-13(2)8-10-14/h7-10,21H,5-6,11-12H2,1-4H3/b18-16+,20-15?. The molecule has 0 unspecified atom stereocenters. The zero-order valence-electron chi connectivity index (χ0n) is 13.9. The predicted molar refractivity (Wildman–Crippen MR) is 90.9 cm³/mol. The second kappa shape index (κ2) is 6.47. The molecule has 1 saturated carbocycles. The van der Waals surface area contributed by atoms with Crippen molar-refractivity contribution < 1.29 is 9.90 Å². The lowest BCUT2D eigenvalue weighted by atomic mass is 9.73. The summed E-state index contributed by atoms with van der Waals surface area (Å²) in [5.41, 5.74) is 3.05. The van der Waals surface area contributed by atoms with Gasteiger partial charge in [-0.25, -0.2) is 0 Å². The number of nitrogens with zero attached hydrogens (tertiary/aromatic N) is 1. The van der Waals surface area contributed by atoms with Gasteiger partial charge in [0.25, 0.3) is 0 Å². The van der Waals surface area contributed by atoms with Gasteiger partial charge in [0.05, 0.1) is 17.0 Å². The van der Waals surface area contributed by atoms with E-state index in [0.717, 1.165) is 17.8 Å². The van der Waals surface area contributed by atoms with Crippen molar-refractivity contribution in [2.24, 2.45) is 10.4 Å². The van der Waals surface area contributed by atoms with Crippen LogP contribution >= 0.6 is 0 Å². The smallest absolute Gasteiger partial charge is 0.168 e. The summed E-state index contributed by atoms with van der Waals surface area (Å²) in [4.78, 5) is 17.2. The van der Waals surface area contributed by atoms with Crippen molar-refractivity contribution >= 4 is 17.2 Å². The van der Waals surface area contributed by atoms with Crippen LogP contribution in [-0.4, -0.2) is 16.6 Å². The zero-order chi connectivity index (χ0) is 16.3. The number of carbonyl (C=O) groups excluding carboxylic acids is 1. The van der Waals surface area contributed by atoms with Gasteiger partial charge in [0.15, 0.2) is 5.78 Å². The molecule has 1 aliphatic rings. The van der Waals surface area contributed by atoms with Crippen LogP contribution in [0.5, 0.6) is 0 Å². The van der Waals surface area contributed by atoms with Crippen LogP contribution in [0.4, 0.5) is 5.69 Å². The first kappa shape index (κ1) is 16.5. The van der Waals surface area contributed by atoms with Crippen molar-refractivity contribution in [2.75, 3.05) is 0 Å². The summed E-state index contributed by atoms with van der Waals surface area (Å²) in [5, 5.41) is 10.3. The SMILES string of the molecule is CCC/C(O)=C1\C(=O)CC(C)(C)CC1=Nc1ccc(C)cc1. The molecule has 2 rings (SSSR count). The Bertz CT molecular complexity index is 621. The van der Waals surface area contributed by atoms with E-state index in [9.17, 15) is 9.90 Å². The van der Waals surface area contributed by atoms with Gasteiger partial charge in [-0.3, -0.25) is 9.79 Å². The third-order valence-electron chi connectivity index (χ3n) is 3.93. The molecule has 22 heavy (non-hydrogen) atoms. The molecule has 0 bridgehead atoms. The van der Waals surface area contributed by atoms with Crippen LogP contribution in [0.2, 0.25) is 0 Å². The Labute approximate surface area is 132 Å². The minimum Gasteiger partial charge on any atom is -0.511 e. The van der Waals surface area contributed by atoms with Crippen molar-refractivity contribution in [1.29, 1.82) is 0 Å². The van der Waals surface area contributed by atoms with Gasteiger partial charge in [-0.15, -0.1) is 0 Å². The Morgan fingerprint density at radius 3 is 2.45 bits per heavy atom. The Kier molecular flexibility index (Phi) is 4.84. The maximum absolute atomic E-state index is 12.5. The number of aliphatic hydroxyl groups excluding tert-OH is 1. The first-order chi connectivity index (χ1) is 10.3. The fourth-order valence-corrected chi connectivity index (χ4v) is 2.85. The number of allylic oxidation sites excluding steroid dienone is 2. The van der Waals surface area contributed by atoms with Crippen molar-refractivity contribution in [2.45, 2.75) is 53.4 Å². The van der Waals surface area contributed by atoms with Crippen LogP contribution in [0.15, 0.2) is 40.6 Å². The van der Waals surface area contributed by atoms with E-state index in [0.29, 0.717) is 24.8 Å². The first-order valence-corrected chi connectivity index (χ1v) is 7.92. The highest BCUT2D eigenvalue weighted by molar-refractivity contribution is 6.25. The van der Waals surface area contributed by atoms with Gasteiger partial charge in [-0.05, 0) is 37.3 Å². The Morgan fingerprint density at radius 1 is 1.23 bits per heavy atom. The molecule has 118 valence electrons. The molecule has 3 nitrogen and oxygen atoms in total. The number of benzene rings is 1. The van der Waals surface area contributed by atoms with Gasteiger partial charge in [0, 0.05) is 12.8 Å². The number of Topliss-reactive ketones (excluding diaryl/α,β-unsaturated/α-hetero) is 1. The number of hydrogen-bond donors (Lipinski definition) is 1. The maximum atomic E-state index is 12.5. The normalized spacial score (nSPS) is 22.0. The molecule has 0 heterocycles. The molecule has 0 saturated heterocycles. The molecule has 1 N–H and O–H groups in total. The van der Waals surface area contributed by atoms with Gasteiger partial charge >= 0.3 is 0 Å². The zero-order valence-corrected chi connectivity index (χ0v) is 13.9. The molecular formula is C19H25NO2. The average molecular weight is 299 g/mol. The van der Waals surface area contributed by atoms with Crippen LogP contribution < -0.4 is 0 Å². The van der Waals surface area contributed by atoms with E-state index >= 15 is 0 Å². The number of hydrogen-bond acceptors (Lipinski definition) is 3. The predicted octanol–water partition coefficient (Wildman–Crippen LogP) is 5.07. The highest BCUT2D eigenvalue weighted by Gasteiger charge is 2.36. The minimum atomic E-state index is -0.114. The number of aliphatic imine (C=N–C) groups is 1. The van der Waals surface area contributed by atoms with E-state index in [1.54, 1.807) is 0 Å². The highest BCUT2D eigenvalue weighted by atomic mass is 16.3. The van der Waals surface area contributed by atoms with Gasteiger partial charge in [0.2, 0.25) is 0 Å². The third-order valence-corrected chi connectivity index (χ3v) is 3.93. The van der Waals surface area contributed by atoms with Crippen LogP contribution in [0, 0.1) is 12.3 Å². The van der Waals surface area contributed by atoms with Crippen LogP contribution in [0.1, 0.15) is 52.0 Å². The number of aryl methyl sites for hydroxylation is 1. The fraction of sp³-hybridized carbons (Fsp3) is 0.474. The number of aliphatic hydroxyl groups is 1. The summed E-state index contributed by atoms with van der Waals surface area (Å²) in [6.45, 7) is 8.17. The van der Waals surface area contributed by atoms with E-state index in [4.69, 9.17) is 0 Å². The molecule has 0 aromatic heterocycles. The van der Waals surface area contributed by atoms with Gasteiger partial charge < -0.3 is 5.11 Å². The van der Waals surface area contributed by atoms with Crippen LogP contribution in [0.3, 0.4) is 0 Å². The lowest BCUT2D eigenvalue weighted by Crippen LogP contribution is -2.32. The lowest BCUT2D eigenvalue weighted by Gasteiger charge is -2.31. The summed E-state index contributed by atoms with van der Waals surface area (Å²) in [6, 6.07) is 7.90. The summed E-state index contributed by atoms with van der Waals surface area (Å²) >= 11 is 0.